The van der Waals surface area contributed by atoms with Gasteiger partial charge in [-0.15, -0.1) is 22.7 Å². The van der Waals surface area contributed by atoms with Crippen LogP contribution in [0.3, 0.4) is 0 Å². The van der Waals surface area contributed by atoms with E-state index < -0.39 is 0 Å². The van der Waals surface area contributed by atoms with Crippen molar-refractivity contribution in [3.05, 3.63) is 33.8 Å². The van der Waals surface area contributed by atoms with E-state index in [0.29, 0.717) is 6.10 Å². The average molecular weight is 310 g/mol. The Morgan fingerprint density at radius 1 is 1.25 bits per heavy atom. The molecule has 0 spiro atoms. The van der Waals surface area contributed by atoms with E-state index >= 15 is 0 Å². The third-order valence-corrected chi connectivity index (χ3v) is 4.81. The highest BCUT2D eigenvalue weighted by atomic mass is 32.1. The molecule has 2 nitrogen and oxygen atoms in total. The Bertz CT molecular complexity index is 476. The van der Waals surface area contributed by atoms with Gasteiger partial charge in [0, 0.05) is 28.5 Å². The van der Waals surface area contributed by atoms with E-state index in [4.69, 9.17) is 4.74 Å². The lowest BCUT2D eigenvalue weighted by molar-refractivity contribution is 0.0760. The summed E-state index contributed by atoms with van der Waals surface area (Å²) in [7, 11) is 0. The van der Waals surface area contributed by atoms with Gasteiger partial charge in [-0.25, -0.2) is 0 Å². The van der Waals surface area contributed by atoms with Crippen molar-refractivity contribution in [1.29, 1.82) is 0 Å². The zero-order valence-electron chi connectivity index (χ0n) is 12.2. The molecule has 4 heteroatoms. The molecule has 0 aliphatic rings. The van der Waals surface area contributed by atoms with Gasteiger partial charge in [0.15, 0.2) is 0 Å². The molecule has 2 heterocycles. The van der Waals surface area contributed by atoms with Gasteiger partial charge >= 0.3 is 0 Å². The fourth-order valence-corrected chi connectivity index (χ4v) is 3.57. The summed E-state index contributed by atoms with van der Waals surface area (Å²) in [6.07, 6.45) is 2.66. The molecule has 0 bridgehead atoms. The molecule has 0 fully saturated rings. The van der Waals surface area contributed by atoms with Gasteiger partial charge in [0.05, 0.1) is 6.10 Å². The second-order valence-electron chi connectivity index (χ2n) is 5.08. The number of nitrogens with one attached hydrogen (secondary N) is 1. The van der Waals surface area contributed by atoms with Crippen LogP contribution in [0.2, 0.25) is 0 Å². The van der Waals surface area contributed by atoms with Crippen molar-refractivity contribution in [2.24, 2.45) is 0 Å². The molecule has 0 aliphatic heterocycles. The lowest BCUT2D eigenvalue weighted by Crippen LogP contribution is -2.14. The Kier molecular flexibility index (Phi) is 6.73. The molecule has 0 amide bonds. The second kappa shape index (κ2) is 8.57. The Morgan fingerprint density at radius 2 is 2.15 bits per heavy atom. The molecule has 20 heavy (non-hydrogen) atoms. The fourth-order valence-electron chi connectivity index (χ4n) is 1.93. The summed E-state index contributed by atoms with van der Waals surface area (Å²) in [5.41, 5.74) is 1.35. The molecule has 0 aliphatic carbocycles. The Labute approximate surface area is 129 Å². The first-order chi connectivity index (χ1) is 9.75. The van der Waals surface area contributed by atoms with Crippen LogP contribution in [0.25, 0.3) is 10.4 Å². The zero-order valence-corrected chi connectivity index (χ0v) is 13.9. The Balaban J connectivity index is 1.60. The van der Waals surface area contributed by atoms with Crippen molar-refractivity contribution >= 4 is 22.7 Å². The molecule has 2 rings (SSSR count). The summed E-state index contributed by atoms with van der Waals surface area (Å²) in [5.74, 6) is 0. The van der Waals surface area contributed by atoms with E-state index in [-0.39, 0.29) is 0 Å². The lowest BCUT2D eigenvalue weighted by atomic mass is 10.2. The average Bonchev–Trinajstić information content (AvgIpc) is 3.08. The number of unbranched alkanes of at least 4 members (excludes halogenated alkanes) is 1. The maximum Gasteiger partial charge on any atom is 0.0518 e. The molecular formula is C16H23NOS2. The standard InChI is InChI=1S/C16H23NOS2/c1-13(2)18-8-4-3-7-17-11-15-10-14(12-20-15)16-6-5-9-19-16/h5-6,9-10,12-13,17H,3-4,7-8,11H2,1-2H3. The minimum absolute atomic E-state index is 0.352. The maximum atomic E-state index is 5.53. The number of hydrogen-bond donors (Lipinski definition) is 1. The Morgan fingerprint density at radius 3 is 2.90 bits per heavy atom. The van der Waals surface area contributed by atoms with Crippen LogP contribution >= 0.6 is 22.7 Å². The summed E-state index contributed by atoms with van der Waals surface area (Å²) < 4.78 is 5.53. The van der Waals surface area contributed by atoms with Gasteiger partial charge in [0.25, 0.3) is 0 Å². The van der Waals surface area contributed by atoms with Gasteiger partial charge in [0.2, 0.25) is 0 Å². The summed E-state index contributed by atoms with van der Waals surface area (Å²) in [6, 6.07) is 6.58. The molecular weight excluding hydrogens is 286 g/mol. The molecule has 0 radical (unpaired) electrons. The van der Waals surface area contributed by atoms with Gasteiger partial charge < -0.3 is 10.1 Å². The maximum absolute atomic E-state index is 5.53. The highest BCUT2D eigenvalue weighted by Crippen LogP contribution is 2.29. The summed E-state index contributed by atoms with van der Waals surface area (Å²) in [5, 5.41) is 7.89. The van der Waals surface area contributed by atoms with Crippen molar-refractivity contribution in [3.63, 3.8) is 0 Å². The number of hydrogen-bond acceptors (Lipinski definition) is 4. The third kappa shape index (κ3) is 5.37. The first-order valence-electron chi connectivity index (χ1n) is 7.19. The van der Waals surface area contributed by atoms with Crippen molar-refractivity contribution < 1.29 is 4.74 Å². The van der Waals surface area contributed by atoms with Crippen molar-refractivity contribution in [2.75, 3.05) is 13.2 Å². The number of rotatable bonds is 9. The molecule has 0 atom stereocenters. The van der Waals surface area contributed by atoms with E-state index in [1.54, 1.807) is 11.3 Å². The van der Waals surface area contributed by atoms with Gasteiger partial charge in [-0.1, -0.05) is 6.07 Å². The topological polar surface area (TPSA) is 21.3 Å². The third-order valence-electron chi connectivity index (χ3n) is 2.96. The van der Waals surface area contributed by atoms with Crippen LogP contribution in [0.15, 0.2) is 29.0 Å². The van der Waals surface area contributed by atoms with E-state index in [2.05, 4.69) is 48.1 Å². The molecule has 2 aromatic rings. The zero-order chi connectivity index (χ0) is 14.2. The Hall–Kier alpha value is -0.680. The number of thiophene rings is 2. The van der Waals surface area contributed by atoms with Crippen LogP contribution in [-0.2, 0) is 11.3 Å². The first kappa shape index (κ1) is 15.7. The van der Waals surface area contributed by atoms with Crippen molar-refractivity contribution in [3.8, 4) is 10.4 Å². The molecule has 0 unspecified atom stereocenters. The van der Waals surface area contributed by atoms with Crippen LogP contribution in [0, 0.1) is 0 Å². The highest BCUT2D eigenvalue weighted by Gasteiger charge is 2.03. The summed E-state index contributed by atoms with van der Waals surface area (Å²) >= 11 is 3.64. The summed E-state index contributed by atoms with van der Waals surface area (Å²) in [6.45, 7) is 7.08. The van der Waals surface area contributed by atoms with E-state index in [1.165, 1.54) is 21.7 Å². The van der Waals surface area contributed by atoms with E-state index in [9.17, 15) is 0 Å². The van der Waals surface area contributed by atoms with E-state index in [0.717, 1.165) is 26.1 Å². The molecule has 0 aromatic carbocycles. The summed E-state index contributed by atoms with van der Waals surface area (Å²) in [4.78, 5) is 2.77. The fraction of sp³-hybridized carbons (Fsp3) is 0.500. The predicted octanol–water partition coefficient (Wildman–Crippen LogP) is 4.77. The molecule has 2 aromatic heterocycles. The molecule has 0 saturated carbocycles. The largest absolute Gasteiger partial charge is 0.379 e. The predicted molar refractivity (Wildman–Crippen MR) is 89.7 cm³/mol. The highest BCUT2D eigenvalue weighted by molar-refractivity contribution is 7.14. The first-order valence-corrected chi connectivity index (χ1v) is 8.95. The lowest BCUT2D eigenvalue weighted by Gasteiger charge is -2.07. The monoisotopic (exact) mass is 309 g/mol. The van der Waals surface area contributed by atoms with Crippen molar-refractivity contribution in [1.82, 2.24) is 5.32 Å². The van der Waals surface area contributed by atoms with Gasteiger partial charge in [-0.05, 0) is 56.1 Å². The van der Waals surface area contributed by atoms with Crippen LogP contribution < -0.4 is 5.32 Å². The smallest absolute Gasteiger partial charge is 0.0518 e. The minimum Gasteiger partial charge on any atom is -0.379 e. The van der Waals surface area contributed by atoms with Gasteiger partial charge in [-0.3, -0.25) is 0 Å². The minimum atomic E-state index is 0.352. The normalized spacial score (nSPS) is 11.3. The van der Waals surface area contributed by atoms with Crippen LogP contribution in [-0.4, -0.2) is 19.3 Å². The van der Waals surface area contributed by atoms with Crippen LogP contribution in [0.4, 0.5) is 0 Å². The van der Waals surface area contributed by atoms with Crippen molar-refractivity contribution in [2.45, 2.75) is 39.3 Å². The van der Waals surface area contributed by atoms with Crippen LogP contribution in [0.1, 0.15) is 31.6 Å². The second-order valence-corrected chi connectivity index (χ2v) is 7.03. The molecule has 1 N–H and O–H groups in total. The molecule has 110 valence electrons. The number of ether oxygens (including phenoxy) is 1. The van der Waals surface area contributed by atoms with Gasteiger partial charge in [0.1, 0.15) is 0 Å². The molecule has 0 saturated heterocycles. The SMILES string of the molecule is CC(C)OCCCCNCc1cc(-c2cccs2)cs1. The quantitative estimate of drug-likeness (QED) is 0.674. The van der Waals surface area contributed by atoms with E-state index in [1.807, 2.05) is 11.3 Å². The van der Waals surface area contributed by atoms with Crippen LogP contribution in [0.5, 0.6) is 0 Å². The van der Waals surface area contributed by atoms with Gasteiger partial charge in [-0.2, -0.15) is 0 Å².